The first-order chi connectivity index (χ1) is 10.4. The summed E-state index contributed by atoms with van der Waals surface area (Å²) in [4.78, 5) is 27.2. The van der Waals surface area contributed by atoms with Crippen molar-refractivity contribution in [1.82, 2.24) is 15.1 Å². The second kappa shape index (κ2) is 6.87. The monoisotopic (exact) mass is 307 g/mol. The Labute approximate surface area is 130 Å². The van der Waals surface area contributed by atoms with Crippen LogP contribution < -0.4 is 5.32 Å². The Morgan fingerprint density at radius 3 is 2.55 bits per heavy atom. The van der Waals surface area contributed by atoms with E-state index in [-0.39, 0.29) is 36.0 Å². The van der Waals surface area contributed by atoms with Crippen LogP contribution in [-0.4, -0.2) is 55.8 Å². The lowest BCUT2D eigenvalue weighted by molar-refractivity contribution is -0.128. The molecule has 1 N–H and O–H groups in total. The van der Waals surface area contributed by atoms with E-state index in [2.05, 4.69) is 5.32 Å². The molecule has 1 aromatic rings. The fourth-order valence-electron chi connectivity index (χ4n) is 2.66. The average Bonchev–Trinajstić information content (AvgIpc) is 2.80. The molecule has 1 aromatic carbocycles. The maximum absolute atomic E-state index is 13.0. The molecule has 1 saturated heterocycles. The van der Waals surface area contributed by atoms with Gasteiger partial charge in [0.15, 0.2) is 0 Å². The van der Waals surface area contributed by atoms with Crippen molar-refractivity contribution in [2.75, 3.05) is 34.2 Å². The highest BCUT2D eigenvalue weighted by molar-refractivity contribution is 5.89. The van der Waals surface area contributed by atoms with Crippen LogP contribution in [0.25, 0.3) is 0 Å². The first-order valence-electron chi connectivity index (χ1n) is 7.32. The fourth-order valence-corrected chi connectivity index (χ4v) is 2.66. The molecule has 1 aliphatic heterocycles. The minimum absolute atomic E-state index is 0.00263. The van der Waals surface area contributed by atoms with Crippen molar-refractivity contribution >= 4 is 11.8 Å². The molecule has 0 aliphatic carbocycles. The lowest BCUT2D eigenvalue weighted by atomic mass is 10.0. The molecule has 0 saturated carbocycles. The van der Waals surface area contributed by atoms with E-state index in [0.29, 0.717) is 13.1 Å². The zero-order valence-electron chi connectivity index (χ0n) is 13.2. The van der Waals surface area contributed by atoms with Crippen LogP contribution in [0.15, 0.2) is 24.3 Å². The highest BCUT2D eigenvalue weighted by Crippen LogP contribution is 2.19. The van der Waals surface area contributed by atoms with E-state index >= 15 is 0 Å². The van der Waals surface area contributed by atoms with Gasteiger partial charge in [0.1, 0.15) is 5.82 Å². The van der Waals surface area contributed by atoms with Gasteiger partial charge in [-0.25, -0.2) is 4.39 Å². The Hall–Kier alpha value is -1.95. The van der Waals surface area contributed by atoms with Crippen LogP contribution in [0.2, 0.25) is 0 Å². The molecule has 2 amide bonds. The predicted octanol–water partition coefficient (Wildman–Crippen LogP) is 1.02. The summed E-state index contributed by atoms with van der Waals surface area (Å²) in [6.45, 7) is 0.889. The highest BCUT2D eigenvalue weighted by Gasteiger charge is 2.32. The molecule has 120 valence electrons. The van der Waals surface area contributed by atoms with E-state index in [4.69, 9.17) is 0 Å². The van der Waals surface area contributed by atoms with Gasteiger partial charge in [-0.05, 0) is 31.8 Å². The molecule has 0 radical (unpaired) electrons. The van der Waals surface area contributed by atoms with Gasteiger partial charge in [0.2, 0.25) is 11.8 Å². The Kier molecular flexibility index (Phi) is 5.13. The van der Waals surface area contributed by atoms with E-state index in [1.807, 2.05) is 19.0 Å². The number of hydrogen-bond acceptors (Lipinski definition) is 3. The van der Waals surface area contributed by atoms with Crippen LogP contribution in [0.5, 0.6) is 0 Å². The fraction of sp³-hybridized carbons (Fsp3) is 0.500. The number of carbonyl (C=O) groups is 2. The van der Waals surface area contributed by atoms with E-state index < -0.39 is 0 Å². The summed E-state index contributed by atoms with van der Waals surface area (Å²) in [5.41, 5.74) is 0.936. The quantitative estimate of drug-likeness (QED) is 0.884. The van der Waals surface area contributed by atoms with Crippen molar-refractivity contribution < 1.29 is 14.0 Å². The number of halogens is 1. The number of nitrogens with zero attached hydrogens (tertiary/aromatic N) is 2. The molecule has 0 unspecified atom stereocenters. The molecule has 22 heavy (non-hydrogen) atoms. The van der Waals surface area contributed by atoms with Crippen molar-refractivity contribution in [2.45, 2.75) is 12.5 Å². The lowest BCUT2D eigenvalue weighted by Gasteiger charge is -2.25. The zero-order chi connectivity index (χ0) is 16.3. The standard InChI is InChI=1S/C16H22FN3O2/c1-19(2)14(11-4-6-13(17)7-5-11)9-18-16(22)12-8-15(21)20(3)10-12/h4-7,12,14H,8-10H2,1-3H3,(H,18,22)/t12-,14-/m0/s1. The summed E-state index contributed by atoms with van der Waals surface area (Å²) in [6, 6.07) is 6.23. The summed E-state index contributed by atoms with van der Waals surface area (Å²) in [6.07, 6.45) is 0.269. The van der Waals surface area contributed by atoms with Gasteiger partial charge in [0.05, 0.1) is 12.0 Å². The second-order valence-electron chi connectivity index (χ2n) is 5.95. The molecule has 6 heteroatoms. The van der Waals surface area contributed by atoms with Crippen LogP contribution in [0.1, 0.15) is 18.0 Å². The molecular formula is C16H22FN3O2. The van der Waals surface area contributed by atoms with Gasteiger partial charge in [-0.15, -0.1) is 0 Å². The number of hydrogen-bond donors (Lipinski definition) is 1. The Morgan fingerprint density at radius 2 is 2.05 bits per heavy atom. The maximum Gasteiger partial charge on any atom is 0.225 e. The Bertz CT molecular complexity index is 545. The molecular weight excluding hydrogens is 285 g/mol. The van der Waals surface area contributed by atoms with Gasteiger partial charge in [0, 0.05) is 26.6 Å². The van der Waals surface area contributed by atoms with E-state index in [9.17, 15) is 14.0 Å². The van der Waals surface area contributed by atoms with Crippen LogP contribution in [0.3, 0.4) is 0 Å². The molecule has 0 bridgehead atoms. The normalized spacial score (nSPS) is 19.6. The van der Waals surface area contributed by atoms with Crippen LogP contribution in [-0.2, 0) is 9.59 Å². The third kappa shape index (κ3) is 3.82. The summed E-state index contributed by atoms with van der Waals surface area (Å²) < 4.78 is 13.0. The summed E-state index contributed by atoms with van der Waals surface area (Å²) in [7, 11) is 5.52. The third-order valence-corrected chi connectivity index (χ3v) is 4.06. The third-order valence-electron chi connectivity index (χ3n) is 4.06. The zero-order valence-corrected chi connectivity index (χ0v) is 13.2. The van der Waals surface area contributed by atoms with Crippen molar-refractivity contribution in [2.24, 2.45) is 5.92 Å². The summed E-state index contributed by atoms with van der Waals surface area (Å²) in [5, 5.41) is 2.91. The molecule has 1 fully saturated rings. The molecule has 2 rings (SSSR count). The van der Waals surface area contributed by atoms with Gasteiger partial charge >= 0.3 is 0 Å². The van der Waals surface area contributed by atoms with Crippen LogP contribution in [0.4, 0.5) is 4.39 Å². The van der Waals surface area contributed by atoms with Crippen molar-refractivity contribution in [1.29, 1.82) is 0 Å². The van der Waals surface area contributed by atoms with Crippen molar-refractivity contribution in [3.8, 4) is 0 Å². The molecule has 1 aliphatic rings. The van der Waals surface area contributed by atoms with E-state index in [0.717, 1.165) is 5.56 Å². The van der Waals surface area contributed by atoms with Gasteiger partial charge in [-0.1, -0.05) is 12.1 Å². The molecule has 2 atom stereocenters. The smallest absolute Gasteiger partial charge is 0.225 e. The predicted molar refractivity (Wildman–Crippen MR) is 81.6 cm³/mol. The van der Waals surface area contributed by atoms with E-state index in [1.54, 1.807) is 24.1 Å². The first kappa shape index (κ1) is 16.4. The molecule has 5 nitrogen and oxygen atoms in total. The number of rotatable bonds is 5. The number of nitrogens with one attached hydrogen (secondary N) is 1. The summed E-state index contributed by atoms with van der Waals surface area (Å²) >= 11 is 0. The minimum Gasteiger partial charge on any atom is -0.354 e. The number of likely N-dealkylation sites (N-methyl/N-ethyl adjacent to an activating group) is 1. The van der Waals surface area contributed by atoms with Gasteiger partial charge in [0.25, 0.3) is 0 Å². The largest absolute Gasteiger partial charge is 0.354 e. The van der Waals surface area contributed by atoms with Crippen molar-refractivity contribution in [3.05, 3.63) is 35.6 Å². The maximum atomic E-state index is 13.0. The highest BCUT2D eigenvalue weighted by atomic mass is 19.1. The van der Waals surface area contributed by atoms with Gasteiger partial charge in [-0.2, -0.15) is 0 Å². The lowest BCUT2D eigenvalue weighted by Crippen LogP contribution is -2.38. The first-order valence-corrected chi connectivity index (χ1v) is 7.32. The number of benzene rings is 1. The van der Waals surface area contributed by atoms with Gasteiger partial charge in [-0.3, -0.25) is 9.59 Å². The van der Waals surface area contributed by atoms with Crippen LogP contribution in [0, 0.1) is 11.7 Å². The van der Waals surface area contributed by atoms with E-state index in [1.165, 1.54) is 12.1 Å². The number of carbonyl (C=O) groups excluding carboxylic acids is 2. The second-order valence-corrected chi connectivity index (χ2v) is 5.95. The SMILES string of the molecule is CN1C[C@@H](C(=O)NC[C@@H](c2ccc(F)cc2)N(C)C)CC1=O. The number of likely N-dealkylation sites (tertiary alicyclic amines) is 1. The van der Waals surface area contributed by atoms with Crippen LogP contribution >= 0.6 is 0 Å². The Balaban J connectivity index is 1.96. The summed E-state index contributed by atoms with van der Waals surface area (Å²) in [5.74, 6) is -0.666. The van der Waals surface area contributed by atoms with Gasteiger partial charge < -0.3 is 15.1 Å². The minimum atomic E-state index is -0.284. The Morgan fingerprint density at radius 1 is 1.41 bits per heavy atom. The number of amides is 2. The average molecular weight is 307 g/mol. The molecule has 0 aromatic heterocycles. The topological polar surface area (TPSA) is 52.7 Å². The molecule has 1 heterocycles. The molecule has 0 spiro atoms. The van der Waals surface area contributed by atoms with Crippen molar-refractivity contribution in [3.63, 3.8) is 0 Å².